The van der Waals surface area contributed by atoms with Crippen LogP contribution < -0.4 is 4.74 Å². The molecule has 0 unspecified atom stereocenters. The van der Waals surface area contributed by atoms with E-state index in [1.807, 2.05) is 30.3 Å². The Bertz CT molecular complexity index is 639. The second kappa shape index (κ2) is 14.2. The number of rotatable bonds is 16. The van der Waals surface area contributed by atoms with Crippen LogP contribution in [0.2, 0.25) is 18.1 Å². The number of ether oxygens (including phenoxy) is 4. The van der Waals surface area contributed by atoms with Crippen LogP contribution in [0.1, 0.15) is 52.5 Å². The SMILES string of the molecule is C=CC[C@H](C)[C@@H](C[C@H](CCOCc1ccc(OC)cc1)O[Si](C)(C)C(C)(C)C)OCOC. The van der Waals surface area contributed by atoms with Gasteiger partial charge in [0.25, 0.3) is 0 Å². The minimum absolute atomic E-state index is 0.0457. The standard InChI is InChI=1S/C26H46O5Si/c1-10-11-21(2)25(30-20-27-6)18-24(31-32(8,9)26(3,4)5)16-17-29-19-22-12-14-23(28-7)15-13-22/h10,12-15,21,24-25H,1,11,16-20H2,2-9H3/t21-,24-,25+/m0/s1. The fourth-order valence-electron chi connectivity index (χ4n) is 3.24. The van der Waals surface area contributed by atoms with Crippen LogP contribution in [-0.4, -0.2) is 48.1 Å². The van der Waals surface area contributed by atoms with Crippen LogP contribution in [0, 0.1) is 5.92 Å². The highest BCUT2D eigenvalue weighted by atomic mass is 28.4. The fraction of sp³-hybridized carbons (Fsp3) is 0.692. The van der Waals surface area contributed by atoms with E-state index in [4.69, 9.17) is 23.4 Å². The molecular formula is C26H46O5Si. The van der Waals surface area contributed by atoms with E-state index in [1.54, 1.807) is 14.2 Å². The van der Waals surface area contributed by atoms with Gasteiger partial charge in [0.05, 0.1) is 19.8 Å². The molecule has 0 bridgehead atoms. The molecule has 1 rings (SSSR count). The van der Waals surface area contributed by atoms with Gasteiger partial charge >= 0.3 is 0 Å². The highest BCUT2D eigenvalue weighted by Gasteiger charge is 2.39. The van der Waals surface area contributed by atoms with Crippen LogP contribution in [0.4, 0.5) is 0 Å². The quantitative estimate of drug-likeness (QED) is 0.119. The van der Waals surface area contributed by atoms with Crippen LogP contribution in [0.15, 0.2) is 36.9 Å². The van der Waals surface area contributed by atoms with Crippen LogP contribution in [0.3, 0.4) is 0 Å². The second-order valence-electron chi connectivity index (χ2n) is 10.0. The summed E-state index contributed by atoms with van der Waals surface area (Å²) in [6, 6.07) is 7.99. The molecule has 0 saturated heterocycles. The zero-order valence-corrected chi connectivity index (χ0v) is 22.6. The molecule has 0 fully saturated rings. The molecule has 32 heavy (non-hydrogen) atoms. The third-order valence-electron chi connectivity index (χ3n) is 6.35. The Morgan fingerprint density at radius 1 is 1.09 bits per heavy atom. The lowest BCUT2D eigenvalue weighted by Gasteiger charge is -2.40. The van der Waals surface area contributed by atoms with E-state index >= 15 is 0 Å². The summed E-state index contributed by atoms with van der Waals surface area (Å²) in [7, 11) is 1.40. The molecule has 184 valence electrons. The summed E-state index contributed by atoms with van der Waals surface area (Å²) in [5.74, 6) is 1.20. The lowest BCUT2D eigenvalue weighted by molar-refractivity contribution is -0.102. The van der Waals surface area contributed by atoms with Gasteiger partial charge in [0.15, 0.2) is 8.32 Å². The zero-order valence-electron chi connectivity index (χ0n) is 21.6. The Kier molecular flexibility index (Phi) is 12.8. The van der Waals surface area contributed by atoms with Gasteiger partial charge in [-0.25, -0.2) is 0 Å². The number of hydrogen-bond acceptors (Lipinski definition) is 5. The summed E-state index contributed by atoms with van der Waals surface area (Å²) in [6.07, 6.45) is 4.61. The number of allylic oxidation sites excluding steroid dienone is 1. The van der Waals surface area contributed by atoms with Gasteiger partial charge in [0.1, 0.15) is 12.5 Å². The summed E-state index contributed by atoms with van der Waals surface area (Å²) in [4.78, 5) is 0. The van der Waals surface area contributed by atoms with Crippen molar-refractivity contribution in [3.63, 3.8) is 0 Å². The summed E-state index contributed by atoms with van der Waals surface area (Å²) >= 11 is 0. The van der Waals surface area contributed by atoms with Crippen molar-refractivity contribution < 1.29 is 23.4 Å². The average molecular weight is 467 g/mol. The summed E-state index contributed by atoms with van der Waals surface area (Å²) in [5.41, 5.74) is 1.13. The van der Waals surface area contributed by atoms with Crippen molar-refractivity contribution >= 4 is 8.32 Å². The average Bonchev–Trinajstić information content (AvgIpc) is 2.73. The first-order chi connectivity index (χ1) is 15.0. The van der Waals surface area contributed by atoms with Gasteiger partial charge in [0, 0.05) is 19.8 Å². The maximum absolute atomic E-state index is 6.82. The van der Waals surface area contributed by atoms with Crippen LogP contribution >= 0.6 is 0 Å². The normalized spacial score (nSPS) is 15.2. The predicted octanol–water partition coefficient (Wildman–Crippen LogP) is 6.58. The van der Waals surface area contributed by atoms with E-state index in [1.165, 1.54) is 0 Å². The molecule has 0 aliphatic heterocycles. The van der Waals surface area contributed by atoms with Crippen molar-refractivity contribution in [1.82, 2.24) is 0 Å². The molecule has 0 radical (unpaired) electrons. The van der Waals surface area contributed by atoms with Crippen LogP contribution in [-0.2, 0) is 25.2 Å². The second-order valence-corrected chi connectivity index (χ2v) is 14.8. The number of hydrogen-bond donors (Lipinski definition) is 0. The van der Waals surface area contributed by atoms with Gasteiger partial charge < -0.3 is 23.4 Å². The maximum atomic E-state index is 6.82. The molecule has 0 saturated carbocycles. The molecule has 0 spiro atoms. The smallest absolute Gasteiger partial charge is 0.192 e. The van der Waals surface area contributed by atoms with Gasteiger partial charge in [-0.05, 0) is 61.0 Å². The number of methoxy groups -OCH3 is 2. The molecule has 0 aliphatic carbocycles. The lowest BCUT2D eigenvalue weighted by atomic mass is 9.95. The van der Waals surface area contributed by atoms with Crippen molar-refractivity contribution in [2.45, 2.75) is 83.9 Å². The Morgan fingerprint density at radius 2 is 1.75 bits per heavy atom. The predicted molar refractivity (Wildman–Crippen MR) is 135 cm³/mol. The van der Waals surface area contributed by atoms with Crippen LogP contribution in [0.5, 0.6) is 5.75 Å². The zero-order chi connectivity index (χ0) is 24.2. The fourth-order valence-corrected chi connectivity index (χ4v) is 4.64. The Labute approximate surface area is 197 Å². The molecular weight excluding hydrogens is 420 g/mol. The van der Waals surface area contributed by atoms with E-state index < -0.39 is 8.32 Å². The topological polar surface area (TPSA) is 46.2 Å². The first kappa shape index (κ1) is 28.8. The summed E-state index contributed by atoms with van der Waals surface area (Å²) in [5, 5.41) is 0.144. The minimum Gasteiger partial charge on any atom is -0.497 e. The molecule has 0 N–H and O–H groups in total. The molecule has 0 aromatic heterocycles. The first-order valence-electron chi connectivity index (χ1n) is 11.6. The van der Waals surface area contributed by atoms with E-state index in [0.29, 0.717) is 19.1 Å². The largest absolute Gasteiger partial charge is 0.497 e. The lowest BCUT2D eigenvalue weighted by Crippen LogP contribution is -2.45. The highest BCUT2D eigenvalue weighted by Crippen LogP contribution is 2.38. The van der Waals surface area contributed by atoms with Crippen molar-refractivity contribution in [3.05, 3.63) is 42.5 Å². The van der Waals surface area contributed by atoms with Crippen LogP contribution in [0.25, 0.3) is 0 Å². The number of benzene rings is 1. The van der Waals surface area contributed by atoms with Crippen molar-refractivity contribution in [3.8, 4) is 5.75 Å². The summed E-state index contributed by atoms with van der Waals surface area (Å²) in [6.45, 7) is 19.0. The van der Waals surface area contributed by atoms with Gasteiger partial charge in [-0.15, -0.1) is 6.58 Å². The van der Waals surface area contributed by atoms with Crippen molar-refractivity contribution in [2.75, 3.05) is 27.6 Å². The molecule has 3 atom stereocenters. The maximum Gasteiger partial charge on any atom is 0.192 e. The van der Waals surface area contributed by atoms with Crippen molar-refractivity contribution in [1.29, 1.82) is 0 Å². The third-order valence-corrected chi connectivity index (χ3v) is 10.9. The monoisotopic (exact) mass is 466 g/mol. The van der Waals surface area contributed by atoms with E-state index in [0.717, 1.165) is 30.6 Å². The first-order valence-corrected chi connectivity index (χ1v) is 14.5. The molecule has 0 heterocycles. The van der Waals surface area contributed by atoms with Gasteiger partial charge in [-0.3, -0.25) is 0 Å². The molecule has 0 aliphatic rings. The Balaban J connectivity index is 2.79. The molecule has 1 aromatic rings. The third kappa shape index (κ3) is 10.2. The summed E-state index contributed by atoms with van der Waals surface area (Å²) < 4.78 is 29.3. The Morgan fingerprint density at radius 3 is 2.28 bits per heavy atom. The highest BCUT2D eigenvalue weighted by molar-refractivity contribution is 6.74. The van der Waals surface area contributed by atoms with Gasteiger partial charge in [-0.2, -0.15) is 0 Å². The van der Waals surface area contributed by atoms with E-state index in [9.17, 15) is 0 Å². The Hall–Kier alpha value is -1.18. The van der Waals surface area contributed by atoms with E-state index in [2.05, 4.69) is 47.4 Å². The molecule has 5 nitrogen and oxygen atoms in total. The van der Waals surface area contributed by atoms with Crippen molar-refractivity contribution in [2.24, 2.45) is 5.92 Å². The van der Waals surface area contributed by atoms with E-state index in [-0.39, 0.29) is 24.0 Å². The molecule has 0 amide bonds. The molecule has 1 aromatic carbocycles. The minimum atomic E-state index is -1.93. The van der Waals surface area contributed by atoms with Gasteiger partial charge in [0.2, 0.25) is 0 Å². The molecule has 6 heteroatoms. The van der Waals surface area contributed by atoms with Gasteiger partial charge in [-0.1, -0.05) is 45.9 Å².